The summed E-state index contributed by atoms with van der Waals surface area (Å²) < 4.78 is 41.8. The summed E-state index contributed by atoms with van der Waals surface area (Å²) in [6.07, 6.45) is -0.646. The molecule has 0 fully saturated rings. The minimum Gasteiger partial charge on any atom is -0.445 e. The Hall–Kier alpha value is -0.0187. The number of halogens is 3. The van der Waals surface area contributed by atoms with Crippen molar-refractivity contribution in [2.24, 2.45) is 0 Å². The molecule has 0 unspecified atom stereocenters. The smallest absolute Gasteiger partial charge is 0.445 e. The van der Waals surface area contributed by atoms with E-state index in [9.17, 15) is 17.7 Å². The molecule has 1 aromatic carbocycles. The maximum absolute atomic E-state index is 12.4. The van der Waals surface area contributed by atoms with Gasteiger partial charge in [0.15, 0.2) is 0 Å². The van der Waals surface area contributed by atoms with Gasteiger partial charge in [-0.15, -0.1) is 5.46 Å². The average molecular weight is 255 g/mol. The normalized spacial score (nSPS) is 14.3. The average Bonchev–Trinajstić information content (AvgIpc) is 2.15. The Kier molecular flexibility index (Phi) is 4.47. The third-order valence-electron chi connectivity index (χ3n) is 2.09. The summed E-state index contributed by atoms with van der Waals surface area (Å²) in [5.74, 6) is 0.183. The van der Waals surface area contributed by atoms with Crippen LogP contribution in [0.2, 0.25) is 0 Å². The predicted octanol–water partition coefficient (Wildman–Crippen LogP) is -1.65. The van der Waals surface area contributed by atoms with Gasteiger partial charge in [0, 0.05) is 12.1 Å². The van der Waals surface area contributed by atoms with Crippen LogP contribution in [0.3, 0.4) is 0 Å². The van der Waals surface area contributed by atoms with Crippen LogP contribution in [0.5, 0.6) is 5.75 Å². The number of hydrogen-bond acceptors (Lipinski definition) is 2. The second-order valence-electron chi connectivity index (χ2n) is 3.18. The molecular formula is C8H6BF3KNO2. The van der Waals surface area contributed by atoms with Crippen molar-refractivity contribution in [3.05, 3.63) is 23.8 Å². The van der Waals surface area contributed by atoms with Crippen molar-refractivity contribution in [3.8, 4) is 5.75 Å². The fourth-order valence-electron chi connectivity index (χ4n) is 1.34. The molecule has 1 aromatic rings. The number of carbonyl (C=O) groups excluding carboxylic acids is 1. The first-order chi connectivity index (χ1) is 6.97. The van der Waals surface area contributed by atoms with Gasteiger partial charge in [0.2, 0.25) is 0 Å². The summed E-state index contributed by atoms with van der Waals surface area (Å²) in [5.41, 5.74) is -0.347. The Morgan fingerprint density at radius 3 is 2.62 bits per heavy atom. The zero-order valence-electron chi connectivity index (χ0n) is 8.47. The number of fused-ring (bicyclic) bond motifs is 1. The molecule has 1 aliphatic heterocycles. The van der Waals surface area contributed by atoms with E-state index in [1.165, 1.54) is 6.07 Å². The molecule has 0 bridgehead atoms. The standard InChI is InChI=1S/C8H6BF3NO2.K/c10-9(11,12)6-1-2-7-5(3-6)4-13-8(14)15-7;/h1-3H,4H2,(H,13,14);/q-1;+1. The monoisotopic (exact) mass is 255 g/mol. The van der Waals surface area contributed by atoms with Crippen LogP contribution in [0.1, 0.15) is 5.56 Å². The third-order valence-corrected chi connectivity index (χ3v) is 2.09. The zero-order valence-corrected chi connectivity index (χ0v) is 11.6. The van der Waals surface area contributed by atoms with Crippen LogP contribution in [0.15, 0.2) is 18.2 Å². The molecule has 16 heavy (non-hydrogen) atoms. The number of hydrogen-bond donors (Lipinski definition) is 1. The molecule has 3 nitrogen and oxygen atoms in total. The molecule has 8 heteroatoms. The Morgan fingerprint density at radius 1 is 1.31 bits per heavy atom. The van der Waals surface area contributed by atoms with Crippen LogP contribution in [0, 0.1) is 0 Å². The molecule has 0 saturated heterocycles. The molecule has 0 spiro atoms. The second-order valence-corrected chi connectivity index (χ2v) is 3.18. The summed E-state index contributed by atoms with van der Waals surface area (Å²) in [6.45, 7) is -4.94. The Labute approximate surface area is 132 Å². The van der Waals surface area contributed by atoms with E-state index < -0.39 is 18.5 Å². The van der Waals surface area contributed by atoms with Crippen molar-refractivity contribution in [1.82, 2.24) is 5.32 Å². The molecule has 1 aliphatic rings. The molecule has 0 radical (unpaired) electrons. The molecule has 1 amide bonds. The van der Waals surface area contributed by atoms with E-state index in [4.69, 9.17) is 0 Å². The van der Waals surface area contributed by atoms with Crippen molar-refractivity contribution < 1.29 is 73.9 Å². The minimum absolute atomic E-state index is 0. The van der Waals surface area contributed by atoms with Gasteiger partial charge in [0.05, 0.1) is 0 Å². The molecule has 1 N–H and O–H groups in total. The van der Waals surface area contributed by atoms with Gasteiger partial charge in [-0.05, 0) is 6.07 Å². The molecule has 80 valence electrons. The predicted molar refractivity (Wildman–Crippen MR) is 48.0 cm³/mol. The molecule has 0 aromatic heterocycles. The summed E-state index contributed by atoms with van der Waals surface area (Å²) in [5, 5.41) is 2.30. The van der Waals surface area contributed by atoms with Crippen molar-refractivity contribution in [2.75, 3.05) is 0 Å². The summed E-state index contributed by atoms with van der Waals surface area (Å²) >= 11 is 0. The Morgan fingerprint density at radius 2 is 2.00 bits per heavy atom. The van der Waals surface area contributed by atoms with Gasteiger partial charge < -0.3 is 23.0 Å². The molecular weight excluding hydrogens is 249 g/mol. The molecule has 2 rings (SSSR count). The Bertz CT molecular complexity index is 424. The van der Waals surface area contributed by atoms with Crippen LogP contribution in [-0.2, 0) is 6.54 Å². The van der Waals surface area contributed by atoms with E-state index in [1.54, 1.807) is 0 Å². The number of nitrogens with one attached hydrogen (secondary N) is 1. The van der Waals surface area contributed by atoms with Gasteiger partial charge in [0.25, 0.3) is 0 Å². The van der Waals surface area contributed by atoms with Crippen molar-refractivity contribution in [2.45, 2.75) is 6.54 Å². The second kappa shape index (κ2) is 5.09. The van der Waals surface area contributed by atoms with E-state index in [-0.39, 0.29) is 63.7 Å². The van der Waals surface area contributed by atoms with Gasteiger partial charge in [0.1, 0.15) is 5.75 Å². The van der Waals surface area contributed by atoms with Gasteiger partial charge in [-0.25, -0.2) is 4.79 Å². The van der Waals surface area contributed by atoms with Crippen molar-refractivity contribution in [3.63, 3.8) is 0 Å². The fourth-order valence-corrected chi connectivity index (χ4v) is 1.34. The summed E-state index contributed by atoms with van der Waals surface area (Å²) in [6, 6.07) is 3.07. The Balaban J connectivity index is 0.00000128. The largest absolute Gasteiger partial charge is 1.00 e. The summed E-state index contributed by atoms with van der Waals surface area (Å²) in [7, 11) is 0. The molecule has 0 atom stereocenters. The van der Waals surface area contributed by atoms with Gasteiger partial charge in [-0.1, -0.05) is 12.1 Å². The van der Waals surface area contributed by atoms with E-state index in [2.05, 4.69) is 10.1 Å². The van der Waals surface area contributed by atoms with Crippen LogP contribution in [0.4, 0.5) is 17.7 Å². The zero-order chi connectivity index (χ0) is 11.1. The van der Waals surface area contributed by atoms with Crippen LogP contribution in [-0.4, -0.2) is 13.1 Å². The van der Waals surface area contributed by atoms with E-state index in [0.717, 1.165) is 12.1 Å². The van der Waals surface area contributed by atoms with Gasteiger partial charge >= 0.3 is 64.5 Å². The van der Waals surface area contributed by atoms with Gasteiger partial charge in [-0.3, -0.25) is 0 Å². The number of carbonyl (C=O) groups is 1. The fraction of sp³-hybridized carbons (Fsp3) is 0.125. The maximum atomic E-state index is 12.4. The number of amides is 1. The topological polar surface area (TPSA) is 38.3 Å². The van der Waals surface area contributed by atoms with Crippen molar-refractivity contribution >= 4 is 18.5 Å². The van der Waals surface area contributed by atoms with Crippen LogP contribution < -0.4 is 66.9 Å². The number of ether oxygens (including phenoxy) is 1. The number of rotatable bonds is 1. The SMILES string of the molecule is O=C1NCc2cc([B-](F)(F)F)ccc2O1.[K+]. The molecule has 0 saturated carbocycles. The molecule has 0 aliphatic carbocycles. The summed E-state index contributed by atoms with van der Waals surface area (Å²) in [4.78, 5) is 10.8. The van der Waals surface area contributed by atoms with Gasteiger partial charge in [-0.2, -0.15) is 0 Å². The molecule has 1 heterocycles. The van der Waals surface area contributed by atoms with E-state index in [0.29, 0.717) is 5.56 Å². The third kappa shape index (κ3) is 3.01. The van der Waals surface area contributed by atoms with Crippen molar-refractivity contribution in [1.29, 1.82) is 0 Å². The maximum Gasteiger partial charge on any atom is 1.00 e. The van der Waals surface area contributed by atoms with Crippen LogP contribution in [0.25, 0.3) is 0 Å². The van der Waals surface area contributed by atoms with E-state index >= 15 is 0 Å². The quantitative estimate of drug-likeness (QED) is 0.610. The minimum atomic E-state index is -5.01. The number of benzene rings is 1. The first-order valence-corrected chi connectivity index (χ1v) is 4.25. The van der Waals surface area contributed by atoms with E-state index in [1.807, 2.05) is 0 Å². The van der Waals surface area contributed by atoms with Crippen LogP contribution >= 0.6 is 0 Å². The first-order valence-electron chi connectivity index (χ1n) is 4.25. The first kappa shape index (κ1) is 14.0.